The van der Waals surface area contributed by atoms with E-state index in [1.54, 1.807) is 6.07 Å². The molecule has 0 radical (unpaired) electrons. The van der Waals surface area contributed by atoms with Crippen LogP contribution in [0.1, 0.15) is 54.9 Å². The van der Waals surface area contributed by atoms with Gasteiger partial charge in [-0.3, -0.25) is 0 Å². The lowest BCUT2D eigenvalue weighted by Gasteiger charge is -2.38. The zero-order chi connectivity index (χ0) is 13.8. The molecule has 0 spiro atoms. The highest BCUT2D eigenvalue weighted by Crippen LogP contribution is 2.30. The minimum Gasteiger partial charge on any atom is -0.478 e. The SMILES string of the molecule is CCCC1CCCCN1c1ccc(C)cc1C(=O)O. The van der Waals surface area contributed by atoms with Crippen molar-refractivity contribution in [3.05, 3.63) is 29.3 Å². The normalized spacial score (nSPS) is 19.5. The van der Waals surface area contributed by atoms with Crippen LogP contribution in [0.3, 0.4) is 0 Å². The van der Waals surface area contributed by atoms with Crippen LogP contribution in [0.2, 0.25) is 0 Å². The second-order valence-electron chi connectivity index (χ2n) is 5.46. The van der Waals surface area contributed by atoms with Crippen molar-refractivity contribution in [1.82, 2.24) is 0 Å². The molecule has 1 heterocycles. The number of carboxylic acid groups (broad SMARTS) is 1. The monoisotopic (exact) mass is 261 g/mol. The van der Waals surface area contributed by atoms with Crippen molar-refractivity contribution in [3.63, 3.8) is 0 Å². The van der Waals surface area contributed by atoms with Gasteiger partial charge in [-0.1, -0.05) is 25.0 Å². The van der Waals surface area contributed by atoms with E-state index in [2.05, 4.69) is 11.8 Å². The molecule has 1 aromatic carbocycles. The number of hydrogen-bond acceptors (Lipinski definition) is 2. The fraction of sp³-hybridized carbons (Fsp3) is 0.562. The molecule has 0 saturated carbocycles. The van der Waals surface area contributed by atoms with Crippen LogP contribution < -0.4 is 4.90 Å². The number of anilines is 1. The Bertz CT molecular complexity index is 454. The lowest BCUT2D eigenvalue weighted by molar-refractivity contribution is 0.0697. The number of nitrogens with zero attached hydrogens (tertiary/aromatic N) is 1. The van der Waals surface area contributed by atoms with E-state index in [4.69, 9.17) is 0 Å². The van der Waals surface area contributed by atoms with E-state index >= 15 is 0 Å². The number of carbonyl (C=O) groups is 1. The summed E-state index contributed by atoms with van der Waals surface area (Å²) in [7, 11) is 0. The van der Waals surface area contributed by atoms with Crippen LogP contribution in [0.25, 0.3) is 0 Å². The summed E-state index contributed by atoms with van der Waals surface area (Å²) in [5, 5.41) is 9.41. The molecule has 1 N–H and O–H groups in total. The average Bonchev–Trinajstić information content (AvgIpc) is 2.40. The van der Waals surface area contributed by atoms with Crippen molar-refractivity contribution in [3.8, 4) is 0 Å². The standard InChI is InChI=1S/C16H23NO2/c1-3-6-13-7-4-5-10-17(13)15-9-8-12(2)11-14(15)16(18)19/h8-9,11,13H,3-7,10H2,1-2H3,(H,18,19). The summed E-state index contributed by atoms with van der Waals surface area (Å²) in [6.45, 7) is 5.12. The van der Waals surface area contributed by atoms with Gasteiger partial charge in [0.05, 0.1) is 11.3 Å². The fourth-order valence-corrected chi connectivity index (χ4v) is 3.02. The zero-order valence-corrected chi connectivity index (χ0v) is 11.9. The van der Waals surface area contributed by atoms with Gasteiger partial charge in [-0.15, -0.1) is 0 Å². The molecule has 0 bridgehead atoms. The minimum atomic E-state index is -0.820. The molecule has 1 fully saturated rings. The molecular formula is C16H23NO2. The number of aromatic carboxylic acids is 1. The third-order valence-electron chi connectivity index (χ3n) is 3.94. The minimum absolute atomic E-state index is 0.447. The highest BCUT2D eigenvalue weighted by Gasteiger charge is 2.25. The van der Waals surface area contributed by atoms with E-state index in [1.165, 1.54) is 12.8 Å². The summed E-state index contributed by atoms with van der Waals surface area (Å²) in [6.07, 6.45) is 5.89. The average molecular weight is 261 g/mol. The maximum absolute atomic E-state index is 11.5. The van der Waals surface area contributed by atoms with Gasteiger partial charge in [0.15, 0.2) is 0 Å². The van der Waals surface area contributed by atoms with Gasteiger partial charge in [0.1, 0.15) is 0 Å². The molecule has 0 aliphatic carbocycles. The molecule has 1 atom stereocenters. The second-order valence-corrected chi connectivity index (χ2v) is 5.46. The third kappa shape index (κ3) is 3.09. The summed E-state index contributed by atoms with van der Waals surface area (Å²) in [5.41, 5.74) is 2.35. The van der Waals surface area contributed by atoms with Gasteiger partial charge in [-0.05, 0) is 44.7 Å². The van der Waals surface area contributed by atoms with E-state index in [0.29, 0.717) is 11.6 Å². The predicted molar refractivity (Wildman–Crippen MR) is 78.0 cm³/mol. The van der Waals surface area contributed by atoms with Crippen molar-refractivity contribution < 1.29 is 9.90 Å². The van der Waals surface area contributed by atoms with E-state index in [1.807, 2.05) is 19.1 Å². The summed E-state index contributed by atoms with van der Waals surface area (Å²) in [4.78, 5) is 13.8. The largest absolute Gasteiger partial charge is 0.478 e. The van der Waals surface area contributed by atoms with Crippen LogP contribution in [0, 0.1) is 6.92 Å². The highest BCUT2D eigenvalue weighted by atomic mass is 16.4. The summed E-state index contributed by atoms with van der Waals surface area (Å²) >= 11 is 0. The number of piperidine rings is 1. The molecule has 1 aromatic rings. The zero-order valence-electron chi connectivity index (χ0n) is 11.9. The Hall–Kier alpha value is -1.51. The number of carboxylic acids is 1. The summed E-state index contributed by atoms with van der Waals surface area (Å²) < 4.78 is 0. The lowest BCUT2D eigenvalue weighted by Crippen LogP contribution is -2.40. The Morgan fingerprint density at radius 2 is 2.21 bits per heavy atom. The first kappa shape index (κ1) is 13.9. The molecule has 2 rings (SSSR count). The van der Waals surface area contributed by atoms with Gasteiger partial charge in [-0.2, -0.15) is 0 Å². The van der Waals surface area contributed by atoms with Crippen LogP contribution in [-0.4, -0.2) is 23.7 Å². The lowest BCUT2D eigenvalue weighted by atomic mass is 9.96. The number of aryl methyl sites for hydroxylation is 1. The molecule has 0 aromatic heterocycles. The molecule has 19 heavy (non-hydrogen) atoms. The first-order valence-corrected chi connectivity index (χ1v) is 7.24. The number of rotatable bonds is 4. The van der Waals surface area contributed by atoms with Gasteiger partial charge >= 0.3 is 5.97 Å². The van der Waals surface area contributed by atoms with Gasteiger partial charge < -0.3 is 10.0 Å². The van der Waals surface area contributed by atoms with Crippen molar-refractivity contribution in [2.45, 2.75) is 52.0 Å². The fourth-order valence-electron chi connectivity index (χ4n) is 3.02. The maximum Gasteiger partial charge on any atom is 0.337 e. The quantitative estimate of drug-likeness (QED) is 0.895. The molecule has 1 saturated heterocycles. The molecule has 1 aliphatic heterocycles. The van der Waals surface area contributed by atoms with Gasteiger partial charge in [0.2, 0.25) is 0 Å². The Balaban J connectivity index is 2.35. The molecule has 3 heteroatoms. The van der Waals surface area contributed by atoms with Crippen LogP contribution in [-0.2, 0) is 0 Å². The van der Waals surface area contributed by atoms with Crippen LogP contribution in [0.15, 0.2) is 18.2 Å². The van der Waals surface area contributed by atoms with Gasteiger partial charge in [0.25, 0.3) is 0 Å². The molecule has 1 aliphatic rings. The van der Waals surface area contributed by atoms with Crippen LogP contribution in [0.4, 0.5) is 5.69 Å². The predicted octanol–water partition coefficient (Wildman–Crippen LogP) is 3.85. The number of hydrogen-bond donors (Lipinski definition) is 1. The topological polar surface area (TPSA) is 40.5 Å². The Kier molecular flexibility index (Phi) is 4.46. The first-order valence-electron chi connectivity index (χ1n) is 7.24. The molecule has 1 unspecified atom stereocenters. The molecule has 104 valence electrons. The Labute approximate surface area is 115 Å². The Morgan fingerprint density at radius 1 is 1.42 bits per heavy atom. The van der Waals surface area contributed by atoms with Crippen LogP contribution in [0.5, 0.6) is 0 Å². The van der Waals surface area contributed by atoms with Crippen molar-refractivity contribution >= 4 is 11.7 Å². The van der Waals surface area contributed by atoms with Crippen molar-refractivity contribution in [2.75, 3.05) is 11.4 Å². The smallest absolute Gasteiger partial charge is 0.337 e. The van der Waals surface area contributed by atoms with Crippen LogP contribution >= 0.6 is 0 Å². The maximum atomic E-state index is 11.5. The highest BCUT2D eigenvalue weighted by molar-refractivity contribution is 5.94. The summed E-state index contributed by atoms with van der Waals surface area (Å²) in [6, 6.07) is 6.28. The van der Waals surface area contributed by atoms with E-state index in [9.17, 15) is 9.90 Å². The Morgan fingerprint density at radius 3 is 2.89 bits per heavy atom. The summed E-state index contributed by atoms with van der Waals surface area (Å²) in [5.74, 6) is -0.820. The van der Waals surface area contributed by atoms with E-state index < -0.39 is 5.97 Å². The van der Waals surface area contributed by atoms with Crippen molar-refractivity contribution in [1.29, 1.82) is 0 Å². The second kappa shape index (κ2) is 6.09. The van der Waals surface area contributed by atoms with Gasteiger partial charge in [0, 0.05) is 12.6 Å². The first-order chi connectivity index (χ1) is 9.13. The van der Waals surface area contributed by atoms with E-state index in [-0.39, 0.29) is 0 Å². The molecular weight excluding hydrogens is 238 g/mol. The van der Waals surface area contributed by atoms with Gasteiger partial charge in [-0.25, -0.2) is 4.79 Å². The molecule has 0 amide bonds. The number of benzene rings is 1. The van der Waals surface area contributed by atoms with Crippen molar-refractivity contribution in [2.24, 2.45) is 0 Å². The van der Waals surface area contributed by atoms with E-state index in [0.717, 1.165) is 37.1 Å². The molecule has 3 nitrogen and oxygen atoms in total. The third-order valence-corrected chi connectivity index (χ3v) is 3.94.